The highest BCUT2D eigenvalue weighted by Crippen LogP contribution is 2.50. The molecule has 1 N–H and O–H groups in total. The van der Waals surface area contributed by atoms with Crippen LogP contribution in [-0.2, 0) is 15.0 Å². The number of nitrogens with zero attached hydrogens (tertiary/aromatic N) is 1. The van der Waals surface area contributed by atoms with E-state index in [9.17, 15) is 9.59 Å². The van der Waals surface area contributed by atoms with E-state index in [4.69, 9.17) is 0 Å². The van der Waals surface area contributed by atoms with Gasteiger partial charge in [0, 0.05) is 24.5 Å². The van der Waals surface area contributed by atoms with Crippen molar-refractivity contribution in [3.05, 3.63) is 35.9 Å². The molecule has 0 radical (unpaired) electrons. The molecule has 0 bridgehead atoms. The lowest BCUT2D eigenvalue weighted by atomic mass is 9.81. The van der Waals surface area contributed by atoms with Crippen molar-refractivity contribution in [3.8, 4) is 0 Å². The summed E-state index contributed by atoms with van der Waals surface area (Å²) in [5, 5.41) is 3.43. The molecule has 4 heteroatoms. The maximum Gasteiger partial charge on any atom is 0.233 e. The minimum absolute atomic E-state index is 0.0684. The molecule has 1 aromatic carbocycles. The van der Waals surface area contributed by atoms with Gasteiger partial charge in [-0.15, -0.1) is 0 Å². The number of benzene rings is 1. The maximum atomic E-state index is 13.3. The highest BCUT2D eigenvalue weighted by molar-refractivity contribution is 5.91. The number of carbonyl (C=O) groups excluding carboxylic acids is 2. The third-order valence-corrected chi connectivity index (χ3v) is 7.21. The van der Waals surface area contributed by atoms with E-state index in [1.807, 2.05) is 18.2 Å². The fourth-order valence-electron chi connectivity index (χ4n) is 4.91. The summed E-state index contributed by atoms with van der Waals surface area (Å²) in [6.07, 6.45) is 9.59. The summed E-state index contributed by atoms with van der Waals surface area (Å²) in [6, 6.07) is 10.3. The average Bonchev–Trinajstić information content (AvgIpc) is 3.56. The molecule has 0 unspecified atom stereocenters. The number of nitrogens with one attached hydrogen (secondary N) is 1. The predicted molar refractivity (Wildman–Crippen MR) is 104 cm³/mol. The predicted octanol–water partition coefficient (Wildman–Crippen LogP) is 3.41. The molecule has 5 rings (SSSR count). The summed E-state index contributed by atoms with van der Waals surface area (Å²) in [5.41, 5.74) is 0.836. The fraction of sp³-hybridized carbons (Fsp3) is 0.652. The highest BCUT2D eigenvalue weighted by Gasteiger charge is 2.54. The third-order valence-electron chi connectivity index (χ3n) is 7.21. The second kappa shape index (κ2) is 6.35. The lowest BCUT2D eigenvalue weighted by Crippen LogP contribution is -2.57. The van der Waals surface area contributed by atoms with Gasteiger partial charge in [0.2, 0.25) is 11.8 Å². The minimum atomic E-state index is -0.269. The molecule has 0 atom stereocenters. The Hall–Kier alpha value is -1.84. The van der Waals surface area contributed by atoms with Crippen LogP contribution in [-0.4, -0.2) is 35.3 Å². The Morgan fingerprint density at radius 2 is 1.63 bits per heavy atom. The molecule has 27 heavy (non-hydrogen) atoms. The topological polar surface area (TPSA) is 49.4 Å². The summed E-state index contributed by atoms with van der Waals surface area (Å²) in [7, 11) is 0. The van der Waals surface area contributed by atoms with Crippen LogP contribution in [0, 0.1) is 11.8 Å². The first-order chi connectivity index (χ1) is 13.1. The number of carbonyl (C=O) groups is 2. The van der Waals surface area contributed by atoms with Gasteiger partial charge in [0.05, 0.1) is 5.41 Å². The number of piperidine rings is 1. The van der Waals surface area contributed by atoms with Crippen LogP contribution in [0.1, 0.15) is 63.4 Å². The van der Waals surface area contributed by atoms with Gasteiger partial charge >= 0.3 is 0 Å². The lowest BCUT2D eigenvalue weighted by molar-refractivity contribution is -0.136. The van der Waals surface area contributed by atoms with Crippen molar-refractivity contribution in [1.29, 1.82) is 0 Å². The van der Waals surface area contributed by atoms with E-state index < -0.39 is 0 Å². The Labute approximate surface area is 161 Å². The SMILES string of the molecule is O=C(NC1(CC2CC2)CCN(C(=O)C2(c3ccccc3)CC2)CC1)C1CC1. The van der Waals surface area contributed by atoms with Crippen LogP contribution in [0.15, 0.2) is 30.3 Å². The molecule has 4 aliphatic rings. The van der Waals surface area contributed by atoms with E-state index in [-0.39, 0.29) is 22.8 Å². The van der Waals surface area contributed by atoms with Crippen molar-refractivity contribution in [3.63, 3.8) is 0 Å². The van der Waals surface area contributed by atoms with E-state index in [0.29, 0.717) is 5.91 Å². The average molecular weight is 367 g/mol. The number of rotatable bonds is 6. The number of hydrogen-bond donors (Lipinski definition) is 1. The molecule has 4 fully saturated rings. The molecule has 144 valence electrons. The summed E-state index contributed by atoms with van der Waals surface area (Å²) in [5.74, 6) is 1.61. The van der Waals surface area contributed by atoms with Crippen LogP contribution in [0.3, 0.4) is 0 Å². The van der Waals surface area contributed by atoms with Gasteiger partial charge in [-0.3, -0.25) is 9.59 Å². The van der Waals surface area contributed by atoms with Gasteiger partial charge in [0.1, 0.15) is 0 Å². The molecule has 1 aromatic rings. The van der Waals surface area contributed by atoms with E-state index in [2.05, 4.69) is 22.3 Å². The summed E-state index contributed by atoms with van der Waals surface area (Å²) < 4.78 is 0. The van der Waals surface area contributed by atoms with Crippen molar-refractivity contribution in [1.82, 2.24) is 10.2 Å². The summed E-state index contributed by atoms with van der Waals surface area (Å²) in [6.45, 7) is 1.57. The zero-order chi connectivity index (χ0) is 18.5. The van der Waals surface area contributed by atoms with Crippen LogP contribution in [0.25, 0.3) is 0 Å². The third kappa shape index (κ3) is 3.39. The Kier molecular flexibility index (Phi) is 4.06. The second-order valence-corrected chi connectivity index (χ2v) is 9.43. The smallest absolute Gasteiger partial charge is 0.233 e. The molecular weight excluding hydrogens is 336 g/mol. The van der Waals surface area contributed by atoms with Gasteiger partial charge in [-0.05, 0) is 56.4 Å². The van der Waals surface area contributed by atoms with Crippen molar-refractivity contribution in [2.75, 3.05) is 13.1 Å². The molecule has 0 aromatic heterocycles. The maximum absolute atomic E-state index is 13.3. The van der Waals surface area contributed by atoms with Crippen molar-refractivity contribution in [2.45, 2.75) is 68.7 Å². The molecule has 1 heterocycles. The number of likely N-dealkylation sites (tertiary alicyclic amines) is 1. The zero-order valence-corrected chi connectivity index (χ0v) is 16.1. The first-order valence-electron chi connectivity index (χ1n) is 10.8. The normalized spacial score (nSPS) is 25.7. The lowest BCUT2D eigenvalue weighted by Gasteiger charge is -2.43. The van der Waals surface area contributed by atoms with Crippen molar-refractivity contribution >= 4 is 11.8 Å². The monoisotopic (exact) mass is 366 g/mol. The van der Waals surface area contributed by atoms with Gasteiger partial charge in [-0.25, -0.2) is 0 Å². The molecule has 3 aliphatic carbocycles. The molecule has 3 saturated carbocycles. The van der Waals surface area contributed by atoms with Gasteiger partial charge in [0.15, 0.2) is 0 Å². The second-order valence-electron chi connectivity index (χ2n) is 9.43. The molecule has 2 amide bonds. The van der Waals surface area contributed by atoms with Gasteiger partial charge < -0.3 is 10.2 Å². The molecule has 1 aliphatic heterocycles. The van der Waals surface area contributed by atoms with Crippen LogP contribution in [0.4, 0.5) is 0 Å². The van der Waals surface area contributed by atoms with Crippen LogP contribution in [0.2, 0.25) is 0 Å². The van der Waals surface area contributed by atoms with E-state index in [1.165, 1.54) is 18.4 Å². The standard InChI is InChI=1S/C23H30N2O2/c26-20(18-8-9-18)24-22(16-17-6-7-17)12-14-25(15-13-22)21(27)23(10-11-23)19-4-2-1-3-5-19/h1-5,17-18H,6-16H2,(H,24,26). The number of amides is 2. The minimum Gasteiger partial charge on any atom is -0.350 e. The van der Waals surface area contributed by atoms with E-state index >= 15 is 0 Å². The largest absolute Gasteiger partial charge is 0.350 e. The van der Waals surface area contributed by atoms with Gasteiger partial charge in [-0.2, -0.15) is 0 Å². The van der Waals surface area contributed by atoms with Crippen LogP contribution in [0.5, 0.6) is 0 Å². The molecule has 1 saturated heterocycles. The first kappa shape index (κ1) is 17.3. The molecule has 4 nitrogen and oxygen atoms in total. The quantitative estimate of drug-likeness (QED) is 0.839. The van der Waals surface area contributed by atoms with E-state index in [1.54, 1.807) is 0 Å². The Balaban J connectivity index is 1.26. The fourth-order valence-corrected chi connectivity index (χ4v) is 4.91. The van der Waals surface area contributed by atoms with Crippen LogP contribution < -0.4 is 5.32 Å². The zero-order valence-electron chi connectivity index (χ0n) is 16.1. The summed E-state index contributed by atoms with van der Waals surface area (Å²) >= 11 is 0. The van der Waals surface area contributed by atoms with Gasteiger partial charge in [-0.1, -0.05) is 43.2 Å². The van der Waals surface area contributed by atoms with Crippen molar-refractivity contribution < 1.29 is 9.59 Å². The highest BCUT2D eigenvalue weighted by atomic mass is 16.2. The Morgan fingerprint density at radius 3 is 2.19 bits per heavy atom. The summed E-state index contributed by atoms with van der Waals surface area (Å²) in [4.78, 5) is 27.8. The Morgan fingerprint density at radius 1 is 0.963 bits per heavy atom. The van der Waals surface area contributed by atoms with Gasteiger partial charge in [0.25, 0.3) is 0 Å². The molecular formula is C23H30N2O2. The number of hydrogen-bond acceptors (Lipinski definition) is 2. The first-order valence-corrected chi connectivity index (χ1v) is 10.8. The molecule has 0 spiro atoms. The van der Waals surface area contributed by atoms with Crippen molar-refractivity contribution in [2.24, 2.45) is 11.8 Å². The van der Waals surface area contributed by atoms with Crippen LogP contribution >= 0.6 is 0 Å². The van der Waals surface area contributed by atoms with E-state index in [0.717, 1.165) is 64.0 Å². The Bertz CT molecular complexity index is 724.